The molecule has 1 nitrogen and oxygen atoms in total. The second-order valence-corrected chi connectivity index (χ2v) is 3.30. The van der Waals surface area contributed by atoms with Crippen molar-refractivity contribution >= 4 is 0 Å². The summed E-state index contributed by atoms with van der Waals surface area (Å²) in [6.45, 7) is 0.978. The third-order valence-electron chi connectivity index (χ3n) is 2.36. The predicted molar refractivity (Wildman–Crippen MR) is 45.4 cm³/mol. The molecule has 2 aliphatic rings. The lowest BCUT2D eigenvalue weighted by molar-refractivity contribution is 0.111. The highest BCUT2D eigenvalue weighted by molar-refractivity contribution is 5.23. The van der Waals surface area contributed by atoms with Crippen LogP contribution in [0.3, 0.4) is 0 Å². The fourth-order valence-corrected chi connectivity index (χ4v) is 1.74. The molecule has 1 aliphatic carbocycles. The van der Waals surface area contributed by atoms with Crippen LogP contribution < -0.4 is 0 Å². The van der Waals surface area contributed by atoms with Crippen LogP contribution >= 0.6 is 0 Å². The Labute approximate surface area is 67.7 Å². The highest BCUT2D eigenvalue weighted by atomic mass is 16.5. The van der Waals surface area contributed by atoms with Gasteiger partial charge in [-0.05, 0) is 25.7 Å². The van der Waals surface area contributed by atoms with E-state index < -0.39 is 0 Å². The van der Waals surface area contributed by atoms with Crippen LogP contribution in [0, 0.1) is 0 Å². The fourth-order valence-electron chi connectivity index (χ4n) is 1.74. The van der Waals surface area contributed by atoms with Crippen LogP contribution in [0.2, 0.25) is 0 Å². The zero-order valence-corrected chi connectivity index (χ0v) is 6.75. The lowest BCUT2D eigenvalue weighted by atomic mass is 10.1. The smallest absolute Gasteiger partial charge is 0.0613 e. The van der Waals surface area contributed by atoms with Gasteiger partial charge in [0.2, 0.25) is 0 Å². The van der Waals surface area contributed by atoms with Crippen molar-refractivity contribution < 1.29 is 4.74 Å². The summed E-state index contributed by atoms with van der Waals surface area (Å²) in [5, 5.41) is 0. The molecule has 1 heteroatoms. The van der Waals surface area contributed by atoms with Gasteiger partial charge in [-0.3, -0.25) is 0 Å². The molecule has 0 amide bonds. The molecule has 60 valence electrons. The highest BCUT2D eigenvalue weighted by Crippen LogP contribution is 2.23. The number of hydrogen-bond acceptors (Lipinski definition) is 1. The first-order valence-corrected chi connectivity index (χ1v) is 4.41. The molecule has 1 atom stereocenters. The van der Waals surface area contributed by atoms with Gasteiger partial charge in [0.25, 0.3) is 0 Å². The second kappa shape index (κ2) is 3.22. The number of rotatable bonds is 2. The molecule has 0 N–H and O–H groups in total. The third-order valence-corrected chi connectivity index (χ3v) is 2.36. The Morgan fingerprint density at radius 2 is 2.55 bits per heavy atom. The van der Waals surface area contributed by atoms with Gasteiger partial charge in [-0.1, -0.05) is 23.8 Å². The van der Waals surface area contributed by atoms with Gasteiger partial charge in [-0.25, -0.2) is 0 Å². The number of hydrogen-bond donors (Lipinski definition) is 0. The van der Waals surface area contributed by atoms with E-state index >= 15 is 0 Å². The van der Waals surface area contributed by atoms with Gasteiger partial charge >= 0.3 is 0 Å². The maximum atomic E-state index is 5.55. The first-order chi connectivity index (χ1) is 5.45. The topological polar surface area (TPSA) is 9.23 Å². The van der Waals surface area contributed by atoms with Crippen molar-refractivity contribution in [3.63, 3.8) is 0 Å². The zero-order valence-electron chi connectivity index (χ0n) is 6.75. The third kappa shape index (κ3) is 1.72. The van der Waals surface area contributed by atoms with Gasteiger partial charge in [-0.15, -0.1) is 0 Å². The summed E-state index contributed by atoms with van der Waals surface area (Å²) in [6.07, 6.45) is 11.9. The van der Waals surface area contributed by atoms with Gasteiger partial charge in [0.05, 0.1) is 6.10 Å². The molecular formula is C10H14O. The van der Waals surface area contributed by atoms with Gasteiger partial charge in [-0.2, -0.15) is 0 Å². The summed E-state index contributed by atoms with van der Waals surface area (Å²) in [5.74, 6) is 0. The van der Waals surface area contributed by atoms with Crippen LogP contribution in [-0.4, -0.2) is 12.7 Å². The Morgan fingerprint density at radius 3 is 3.18 bits per heavy atom. The Morgan fingerprint density at radius 1 is 1.55 bits per heavy atom. The zero-order chi connectivity index (χ0) is 7.52. The largest absolute Gasteiger partial charge is 0.378 e. The van der Waals surface area contributed by atoms with Crippen LogP contribution in [0.1, 0.15) is 25.7 Å². The van der Waals surface area contributed by atoms with Crippen molar-refractivity contribution in [2.45, 2.75) is 31.8 Å². The molecule has 0 aromatic carbocycles. The maximum absolute atomic E-state index is 5.55. The Hall–Kier alpha value is -0.560. The standard InChI is InChI=1S/C10H14O/c1-2-5-9(4-1)8-10-6-3-7-11-10/h1-2,4,10H,3,5-8H2/t10-/m1/s1. The maximum Gasteiger partial charge on any atom is 0.0613 e. The Balaban J connectivity index is 1.81. The molecule has 0 aromatic heterocycles. The molecule has 0 radical (unpaired) electrons. The normalized spacial score (nSPS) is 29.5. The number of allylic oxidation sites excluding steroid dienone is 3. The van der Waals surface area contributed by atoms with Gasteiger partial charge in [0.15, 0.2) is 0 Å². The van der Waals surface area contributed by atoms with E-state index in [0.29, 0.717) is 6.10 Å². The van der Waals surface area contributed by atoms with Crippen molar-refractivity contribution in [3.8, 4) is 0 Å². The molecule has 0 aromatic rings. The lowest BCUT2D eigenvalue weighted by Gasteiger charge is -2.08. The summed E-state index contributed by atoms with van der Waals surface area (Å²) >= 11 is 0. The minimum Gasteiger partial charge on any atom is -0.378 e. The molecule has 0 bridgehead atoms. The summed E-state index contributed by atoms with van der Waals surface area (Å²) in [4.78, 5) is 0. The number of ether oxygens (including phenoxy) is 1. The van der Waals surface area contributed by atoms with Crippen LogP contribution in [0.5, 0.6) is 0 Å². The van der Waals surface area contributed by atoms with E-state index in [1.807, 2.05) is 0 Å². The molecular weight excluding hydrogens is 136 g/mol. The highest BCUT2D eigenvalue weighted by Gasteiger charge is 2.16. The summed E-state index contributed by atoms with van der Waals surface area (Å²) < 4.78 is 5.55. The van der Waals surface area contributed by atoms with Crippen molar-refractivity contribution in [2.75, 3.05) is 6.61 Å². The fraction of sp³-hybridized carbons (Fsp3) is 0.600. The van der Waals surface area contributed by atoms with Crippen LogP contribution in [-0.2, 0) is 4.74 Å². The van der Waals surface area contributed by atoms with E-state index in [-0.39, 0.29) is 0 Å². The predicted octanol–water partition coefficient (Wildman–Crippen LogP) is 2.44. The Kier molecular flexibility index (Phi) is 2.08. The molecule has 0 saturated carbocycles. The van der Waals surface area contributed by atoms with E-state index in [4.69, 9.17) is 4.74 Å². The Bertz CT molecular complexity index is 185. The van der Waals surface area contributed by atoms with Crippen molar-refractivity contribution in [3.05, 3.63) is 23.8 Å². The van der Waals surface area contributed by atoms with Crippen LogP contribution in [0.25, 0.3) is 0 Å². The van der Waals surface area contributed by atoms with Gasteiger partial charge < -0.3 is 4.74 Å². The van der Waals surface area contributed by atoms with Crippen molar-refractivity contribution in [1.29, 1.82) is 0 Å². The first kappa shape index (κ1) is 7.11. The van der Waals surface area contributed by atoms with E-state index in [1.54, 1.807) is 0 Å². The van der Waals surface area contributed by atoms with E-state index in [2.05, 4.69) is 18.2 Å². The minimum absolute atomic E-state index is 0.529. The summed E-state index contributed by atoms with van der Waals surface area (Å²) in [7, 11) is 0. The van der Waals surface area contributed by atoms with Gasteiger partial charge in [0.1, 0.15) is 0 Å². The molecule has 11 heavy (non-hydrogen) atoms. The molecule has 1 fully saturated rings. The first-order valence-electron chi connectivity index (χ1n) is 4.41. The van der Waals surface area contributed by atoms with Crippen LogP contribution in [0.15, 0.2) is 23.8 Å². The minimum atomic E-state index is 0.529. The van der Waals surface area contributed by atoms with E-state index in [1.165, 1.54) is 18.4 Å². The molecule has 1 saturated heterocycles. The average Bonchev–Trinajstić information content (AvgIpc) is 2.60. The molecule has 1 heterocycles. The molecule has 2 rings (SSSR count). The molecule has 0 unspecified atom stereocenters. The average molecular weight is 150 g/mol. The second-order valence-electron chi connectivity index (χ2n) is 3.30. The quantitative estimate of drug-likeness (QED) is 0.587. The lowest BCUT2D eigenvalue weighted by Crippen LogP contribution is -2.04. The SMILES string of the molecule is C1=CCC(C[C@H]2CCCO2)=C1. The van der Waals surface area contributed by atoms with E-state index in [9.17, 15) is 0 Å². The van der Waals surface area contributed by atoms with Gasteiger partial charge in [0, 0.05) is 6.61 Å². The van der Waals surface area contributed by atoms with Crippen LogP contribution in [0.4, 0.5) is 0 Å². The molecule has 0 spiro atoms. The van der Waals surface area contributed by atoms with Crippen molar-refractivity contribution in [1.82, 2.24) is 0 Å². The van der Waals surface area contributed by atoms with Crippen molar-refractivity contribution in [2.24, 2.45) is 0 Å². The monoisotopic (exact) mass is 150 g/mol. The summed E-state index contributed by atoms with van der Waals surface area (Å²) in [5.41, 5.74) is 1.54. The molecule has 1 aliphatic heterocycles. The summed E-state index contributed by atoms with van der Waals surface area (Å²) in [6, 6.07) is 0. The van der Waals surface area contributed by atoms with E-state index in [0.717, 1.165) is 19.4 Å².